The second-order valence-electron chi connectivity index (χ2n) is 4.91. The van der Waals surface area contributed by atoms with Gasteiger partial charge in [-0.1, -0.05) is 29.8 Å². The molecule has 2 aromatic rings. The highest BCUT2D eigenvalue weighted by molar-refractivity contribution is 6.32. The Morgan fingerprint density at radius 3 is 2.27 bits per heavy atom. The Labute approximate surface area is 135 Å². The quantitative estimate of drug-likeness (QED) is 0.917. The second kappa shape index (κ2) is 6.71. The number of anilines is 1. The number of para-hydroxylation sites is 1. The van der Waals surface area contributed by atoms with Crippen molar-refractivity contribution in [3.63, 3.8) is 0 Å². The smallest absolute Gasteiger partial charge is 0.255 e. The molecule has 0 heterocycles. The van der Waals surface area contributed by atoms with Crippen LogP contribution in [0.1, 0.15) is 21.5 Å². The van der Waals surface area contributed by atoms with Gasteiger partial charge in [0.1, 0.15) is 0 Å². The van der Waals surface area contributed by atoms with Crippen LogP contribution in [-0.2, 0) is 0 Å². The number of benzene rings is 2. The van der Waals surface area contributed by atoms with Crippen LogP contribution in [0.2, 0.25) is 5.02 Å². The van der Waals surface area contributed by atoms with Gasteiger partial charge in [0, 0.05) is 11.3 Å². The fraction of sp³-hybridized carbons (Fsp3) is 0.235. The minimum absolute atomic E-state index is 0.250. The first-order valence-corrected chi connectivity index (χ1v) is 7.14. The molecule has 0 unspecified atom stereocenters. The van der Waals surface area contributed by atoms with Crippen molar-refractivity contribution >= 4 is 23.2 Å². The SMILES string of the molecule is COc1cc(C(=O)Nc2c(C)cccc2C)cc(Cl)c1OC. The topological polar surface area (TPSA) is 47.6 Å². The van der Waals surface area contributed by atoms with Crippen molar-refractivity contribution in [1.82, 2.24) is 0 Å². The molecule has 2 rings (SSSR count). The van der Waals surface area contributed by atoms with Crippen LogP contribution in [0, 0.1) is 13.8 Å². The van der Waals surface area contributed by atoms with E-state index in [0.29, 0.717) is 22.1 Å². The number of aryl methyl sites for hydroxylation is 2. The zero-order valence-electron chi connectivity index (χ0n) is 13.0. The second-order valence-corrected chi connectivity index (χ2v) is 5.32. The van der Waals surface area contributed by atoms with Gasteiger partial charge in [0.05, 0.1) is 19.2 Å². The van der Waals surface area contributed by atoms with Gasteiger partial charge >= 0.3 is 0 Å². The molecule has 0 bridgehead atoms. The number of amides is 1. The third-order valence-corrected chi connectivity index (χ3v) is 3.70. The Hall–Kier alpha value is -2.20. The van der Waals surface area contributed by atoms with Crippen molar-refractivity contribution in [2.75, 3.05) is 19.5 Å². The van der Waals surface area contributed by atoms with Gasteiger partial charge in [0.2, 0.25) is 0 Å². The number of hydrogen-bond acceptors (Lipinski definition) is 3. The van der Waals surface area contributed by atoms with Crippen molar-refractivity contribution in [1.29, 1.82) is 0 Å². The molecule has 0 aliphatic carbocycles. The largest absolute Gasteiger partial charge is 0.493 e. The van der Waals surface area contributed by atoms with Gasteiger partial charge < -0.3 is 14.8 Å². The molecule has 1 amide bonds. The average Bonchev–Trinajstić information content (AvgIpc) is 2.49. The van der Waals surface area contributed by atoms with Crippen LogP contribution in [0.3, 0.4) is 0 Å². The van der Waals surface area contributed by atoms with Crippen molar-refractivity contribution in [3.05, 3.63) is 52.0 Å². The molecule has 0 aromatic heterocycles. The van der Waals surface area contributed by atoms with E-state index in [0.717, 1.165) is 16.8 Å². The van der Waals surface area contributed by atoms with Crippen LogP contribution < -0.4 is 14.8 Å². The summed E-state index contributed by atoms with van der Waals surface area (Å²) in [6.07, 6.45) is 0. The van der Waals surface area contributed by atoms with Gasteiger partial charge in [-0.2, -0.15) is 0 Å². The van der Waals surface area contributed by atoms with Crippen LogP contribution in [-0.4, -0.2) is 20.1 Å². The maximum atomic E-state index is 12.5. The minimum Gasteiger partial charge on any atom is -0.493 e. The molecule has 1 N–H and O–H groups in total. The number of carbonyl (C=O) groups excluding carboxylic acids is 1. The summed E-state index contributed by atoms with van der Waals surface area (Å²) in [5, 5.41) is 3.24. The highest BCUT2D eigenvalue weighted by atomic mass is 35.5. The first-order valence-electron chi connectivity index (χ1n) is 6.77. The molecule has 2 aromatic carbocycles. The standard InChI is InChI=1S/C17H18ClNO3/c1-10-6-5-7-11(2)15(10)19-17(20)12-8-13(18)16(22-4)14(9-12)21-3/h5-9H,1-4H3,(H,19,20). The van der Waals surface area contributed by atoms with Crippen molar-refractivity contribution in [2.24, 2.45) is 0 Å². The molecule has 0 saturated heterocycles. The van der Waals surface area contributed by atoms with E-state index in [2.05, 4.69) is 5.32 Å². The van der Waals surface area contributed by atoms with E-state index in [1.807, 2.05) is 32.0 Å². The van der Waals surface area contributed by atoms with Crippen LogP contribution >= 0.6 is 11.6 Å². The highest BCUT2D eigenvalue weighted by Crippen LogP contribution is 2.36. The van der Waals surface area contributed by atoms with Crippen LogP contribution in [0.25, 0.3) is 0 Å². The van der Waals surface area contributed by atoms with Gasteiger partial charge in [0.25, 0.3) is 5.91 Å². The van der Waals surface area contributed by atoms with Crippen LogP contribution in [0.5, 0.6) is 11.5 Å². The molecule has 22 heavy (non-hydrogen) atoms. The maximum absolute atomic E-state index is 12.5. The number of rotatable bonds is 4. The summed E-state index contributed by atoms with van der Waals surface area (Å²) in [5.41, 5.74) is 3.21. The van der Waals surface area contributed by atoms with Crippen LogP contribution in [0.15, 0.2) is 30.3 Å². The van der Waals surface area contributed by atoms with Crippen molar-refractivity contribution in [2.45, 2.75) is 13.8 Å². The molecule has 0 aliphatic heterocycles. The summed E-state index contributed by atoms with van der Waals surface area (Å²) in [7, 11) is 3.00. The molecule has 4 nitrogen and oxygen atoms in total. The lowest BCUT2D eigenvalue weighted by Gasteiger charge is -2.14. The lowest BCUT2D eigenvalue weighted by molar-refractivity contribution is 0.102. The Kier molecular flexibility index (Phi) is 4.93. The summed E-state index contributed by atoms with van der Waals surface area (Å²) in [4.78, 5) is 12.5. The van der Waals surface area contributed by atoms with Crippen molar-refractivity contribution in [3.8, 4) is 11.5 Å². The molecule has 0 radical (unpaired) electrons. The van der Waals surface area contributed by atoms with E-state index in [-0.39, 0.29) is 5.91 Å². The number of hydrogen-bond donors (Lipinski definition) is 1. The zero-order chi connectivity index (χ0) is 16.3. The fourth-order valence-electron chi connectivity index (χ4n) is 2.25. The summed E-state index contributed by atoms with van der Waals surface area (Å²) in [6, 6.07) is 9.02. The lowest BCUT2D eigenvalue weighted by Crippen LogP contribution is -2.14. The number of halogens is 1. The number of carbonyl (C=O) groups is 1. The molecule has 0 saturated carbocycles. The van der Waals surface area contributed by atoms with Crippen LogP contribution in [0.4, 0.5) is 5.69 Å². The zero-order valence-corrected chi connectivity index (χ0v) is 13.7. The Balaban J connectivity index is 2.36. The molecule has 0 fully saturated rings. The van der Waals surface area contributed by atoms with E-state index >= 15 is 0 Å². The minimum atomic E-state index is -0.250. The Morgan fingerprint density at radius 2 is 1.73 bits per heavy atom. The predicted molar refractivity (Wildman–Crippen MR) is 88.4 cm³/mol. The number of ether oxygens (including phenoxy) is 2. The summed E-state index contributed by atoms with van der Waals surface area (Å²) < 4.78 is 10.4. The Morgan fingerprint density at radius 1 is 1.09 bits per heavy atom. The summed E-state index contributed by atoms with van der Waals surface area (Å²) in [6.45, 7) is 3.90. The molecule has 116 valence electrons. The van der Waals surface area contributed by atoms with E-state index in [1.54, 1.807) is 12.1 Å². The maximum Gasteiger partial charge on any atom is 0.255 e. The van der Waals surface area contributed by atoms with Gasteiger partial charge in [0.15, 0.2) is 11.5 Å². The molecular formula is C17H18ClNO3. The average molecular weight is 320 g/mol. The monoisotopic (exact) mass is 319 g/mol. The fourth-order valence-corrected chi connectivity index (χ4v) is 2.53. The normalized spacial score (nSPS) is 10.2. The predicted octanol–water partition coefficient (Wildman–Crippen LogP) is 4.23. The Bertz CT molecular complexity index is 693. The first kappa shape index (κ1) is 16.2. The molecule has 0 spiro atoms. The van der Waals surface area contributed by atoms with E-state index in [4.69, 9.17) is 21.1 Å². The van der Waals surface area contributed by atoms with E-state index < -0.39 is 0 Å². The van der Waals surface area contributed by atoms with E-state index in [9.17, 15) is 4.79 Å². The van der Waals surface area contributed by atoms with Crippen molar-refractivity contribution < 1.29 is 14.3 Å². The third-order valence-electron chi connectivity index (χ3n) is 3.42. The van der Waals surface area contributed by atoms with Gasteiger partial charge in [-0.15, -0.1) is 0 Å². The molecule has 0 atom stereocenters. The molecular weight excluding hydrogens is 302 g/mol. The van der Waals surface area contributed by atoms with E-state index in [1.165, 1.54) is 14.2 Å². The van der Waals surface area contributed by atoms with Gasteiger partial charge in [-0.25, -0.2) is 0 Å². The third kappa shape index (κ3) is 3.17. The number of nitrogens with one attached hydrogen (secondary N) is 1. The summed E-state index contributed by atoms with van der Waals surface area (Å²) in [5.74, 6) is 0.578. The number of methoxy groups -OCH3 is 2. The first-order chi connectivity index (χ1) is 10.5. The molecule has 5 heteroatoms. The lowest BCUT2D eigenvalue weighted by atomic mass is 10.1. The molecule has 0 aliphatic rings. The van der Waals surface area contributed by atoms with Gasteiger partial charge in [-0.05, 0) is 37.1 Å². The summed E-state index contributed by atoms with van der Waals surface area (Å²) >= 11 is 6.14. The van der Waals surface area contributed by atoms with Gasteiger partial charge in [-0.3, -0.25) is 4.79 Å². The highest BCUT2D eigenvalue weighted by Gasteiger charge is 2.16.